The van der Waals surface area contributed by atoms with Gasteiger partial charge in [-0.25, -0.2) is 9.97 Å². The molecule has 228 valence electrons. The van der Waals surface area contributed by atoms with Gasteiger partial charge in [0.2, 0.25) is 0 Å². The maximum Gasteiger partial charge on any atom is 0.254 e. The summed E-state index contributed by atoms with van der Waals surface area (Å²) in [5, 5.41) is 26.2. The van der Waals surface area contributed by atoms with E-state index in [4.69, 9.17) is 0 Å². The van der Waals surface area contributed by atoms with Gasteiger partial charge in [-0.15, -0.1) is 0 Å². The lowest BCUT2D eigenvalue weighted by Crippen LogP contribution is -2.74. The lowest BCUT2D eigenvalue weighted by atomic mass is 9.33. The highest BCUT2D eigenvalue weighted by molar-refractivity contribution is 6.05. The molecular weight excluding hydrogens is 540 g/mol. The molecule has 0 unspecified atom stereocenters. The summed E-state index contributed by atoms with van der Waals surface area (Å²) >= 11 is 0. The van der Waals surface area contributed by atoms with Crippen molar-refractivity contribution < 1.29 is 19.5 Å². The Morgan fingerprint density at radius 1 is 0.977 bits per heavy atom. The van der Waals surface area contributed by atoms with Gasteiger partial charge in [-0.1, -0.05) is 47.6 Å². The number of hydrogen-bond donors (Lipinski definition) is 2. The number of allylic oxidation sites excluding steroid dienone is 3. The standard InChI is InChI=1S/C35H44N4O4/c1-29(2)23-8-9-33(6)24(32(23,5)15-21(17-36)27(29)41)14-26(40)35(43)25-16-31(4,39-28(42)22-18-37-20-38-19-22)12-10-30(25,3)11-13-34(33,35)7/h14-15,18-20,23,25,43H,8-13,16H2,1-7H3,(H,39,42)/t23-,25+,30-,31-,32-,33+,34-,35+/m0/s1. The Hall–Kier alpha value is -3.18. The van der Waals surface area contributed by atoms with E-state index in [2.05, 4.69) is 49.0 Å². The highest BCUT2D eigenvalue weighted by Crippen LogP contribution is 2.75. The second kappa shape index (κ2) is 8.94. The highest BCUT2D eigenvalue weighted by Gasteiger charge is 2.75. The third kappa shape index (κ3) is 3.67. The van der Waals surface area contributed by atoms with E-state index in [-0.39, 0.29) is 40.3 Å². The zero-order valence-electron chi connectivity index (χ0n) is 26.5. The van der Waals surface area contributed by atoms with Crippen LogP contribution in [0.1, 0.15) is 104 Å². The Balaban J connectivity index is 1.45. The highest BCUT2D eigenvalue weighted by atomic mass is 16.3. The maximum atomic E-state index is 14.6. The minimum Gasteiger partial charge on any atom is -0.381 e. The lowest BCUT2D eigenvalue weighted by Gasteiger charge is -2.71. The molecule has 5 aliphatic carbocycles. The number of carbonyl (C=O) groups is 3. The average Bonchev–Trinajstić information content (AvgIpc) is 2.96. The SMILES string of the molecule is CC1(C)C(=O)C(C#N)=C[C@]2(C)C3=CC(=O)[C@]4(O)[C@@H]5C[C@@](C)(NC(=O)c6cncnc6)CC[C@@]5(C)CC[C@@]4(C)[C@]3(C)CC[C@@H]12. The molecule has 0 saturated heterocycles. The summed E-state index contributed by atoms with van der Waals surface area (Å²) in [6, 6.07) is 2.15. The number of hydrogen-bond acceptors (Lipinski definition) is 7. The third-order valence-corrected chi connectivity index (χ3v) is 13.5. The van der Waals surface area contributed by atoms with Crippen LogP contribution in [0.15, 0.2) is 42.0 Å². The minimum absolute atomic E-state index is 0.0597. The number of ketones is 2. The number of fused-ring (bicyclic) bond motifs is 7. The van der Waals surface area contributed by atoms with Crippen LogP contribution in [0.25, 0.3) is 0 Å². The van der Waals surface area contributed by atoms with E-state index in [1.54, 1.807) is 6.08 Å². The van der Waals surface area contributed by atoms with Gasteiger partial charge in [0.25, 0.3) is 5.91 Å². The monoisotopic (exact) mass is 584 g/mol. The fraction of sp³-hybridized carbons (Fsp3) is 0.657. The number of nitriles is 1. The van der Waals surface area contributed by atoms with Gasteiger partial charge in [0.05, 0.1) is 11.1 Å². The molecule has 6 rings (SSSR count). The first-order chi connectivity index (χ1) is 19.9. The Morgan fingerprint density at radius 3 is 2.28 bits per heavy atom. The molecule has 0 spiro atoms. The van der Waals surface area contributed by atoms with Crippen LogP contribution in [0.4, 0.5) is 0 Å². The molecule has 43 heavy (non-hydrogen) atoms. The molecule has 0 aromatic carbocycles. The van der Waals surface area contributed by atoms with Crippen LogP contribution in [-0.4, -0.2) is 43.7 Å². The van der Waals surface area contributed by atoms with E-state index >= 15 is 0 Å². The first-order valence-corrected chi connectivity index (χ1v) is 15.7. The normalized spacial score (nSPS) is 44.8. The van der Waals surface area contributed by atoms with E-state index in [0.717, 1.165) is 37.7 Å². The molecule has 0 aliphatic heterocycles. The van der Waals surface area contributed by atoms with Gasteiger partial charge < -0.3 is 10.4 Å². The van der Waals surface area contributed by atoms with Gasteiger partial charge in [-0.3, -0.25) is 14.4 Å². The second-order valence-electron chi connectivity index (χ2n) is 16.0. The van der Waals surface area contributed by atoms with Crippen LogP contribution in [0, 0.1) is 50.2 Å². The molecule has 3 saturated carbocycles. The van der Waals surface area contributed by atoms with Gasteiger partial charge in [0.1, 0.15) is 18.0 Å². The molecule has 8 heteroatoms. The van der Waals surface area contributed by atoms with Crippen molar-refractivity contribution in [1.29, 1.82) is 5.26 Å². The number of rotatable bonds is 2. The first-order valence-electron chi connectivity index (χ1n) is 15.7. The van der Waals surface area contributed by atoms with Gasteiger partial charge in [-0.05, 0) is 80.3 Å². The molecule has 0 radical (unpaired) electrons. The number of carbonyl (C=O) groups excluding carboxylic acids is 3. The number of nitrogens with zero attached hydrogens (tertiary/aromatic N) is 3. The topological polar surface area (TPSA) is 133 Å². The van der Waals surface area contributed by atoms with Crippen LogP contribution in [-0.2, 0) is 9.59 Å². The molecular formula is C35H44N4O4. The van der Waals surface area contributed by atoms with Crippen molar-refractivity contribution in [2.24, 2.45) is 38.9 Å². The van der Waals surface area contributed by atoms with Gasteiger partial charge in [0, 0.05) is 40.1 Å². The van der Waals surface area contributed by atoms with Crippen LogP contribution >= 0.6 is 0 Å². The van der Waals surface area contributed by atoms with Gasteiger partial charge in [0.15, 0.2) is 11.6 Å². The van der Waals surface area contributed by atoms with Crippen molar-refractivity contribution >= 4 is 17.5 Å². The summed E-state index contributed by atoms with van der Waals surface area (Å²) in [6.45, 7) is 14.5. The molecule has 1 aromatic heterocycles. The quantitative estimate of drug-likeness (QED) is 0.482. The summed E-state index contributed by atoms with van der Waals surface area (Å²) in [4.78, 5) is 49.1. The second-order valence-corrected chi connectivity index (χ2v) is 16.0. The molecule has 8 nitrogen and oxygen atoms in total. The Morgan fingerprint density at radius 2 is 1.63 bits per heavy atom. The molecule has 3 fully saturated rings. The van der Waals surface area contributed by atoms with Crippen LogP contribution in [0.5, 0.6) is 0 Å². The molecule has 1 aromatic rings. The summed E-state index contributed by atoms with van der Waals surface area (Å²) in [7, 11) is 0. The molecule has 5 aliphatic rings. The summed E-state index contributed by atoms with van der Waals surface area (Å²) in [6.07, 6.45) is 12.9. The maximum absolute atomic E-state index is 14.6. The molecule has 1 heterocycles. The third-order valence-electron chi connectivity index (χ3n) is 13.5. The summed E-state index contributed by atoms with van der Waals surface area (Å²) in [5.41, 5.74) is -3.76. The zero-order valence-corrected chi connectivity index (χ0v) is 26.5. The predicted molar refractivity (Wildman–Crippen MR) is 160 cm³/mol. The van der Waals surface area contributed by atoms with E-state index < -0.39 is 32.8 Å². The van der Waals surface area contributed by atoms with Crippen molar-refractivity contribution in [3.05, 3.63) is 47.6 Å². The van der Waals surface area contributed by atoms with Crippen LogP contribution in [0.3, 0.4) is 0 Å². The van der Waals surface area contributed by atoms with E-state index in [0.29, 0.717) is 18.4 Å². The van der Waals surface area contributed by atoms with Crippen LogP contribution in [0.2, 0.25) is 0 Å². The smallest absolute Gasteiger partial charge is 0.254 e. The first kappa shape index (κ1) is 29.9. The fourth-order valence-electron chi connectivity index (χ4n) is 10.6. The average molecular weight is 585 g/mol. The van der Waals surface area contributed by atoms with Crippen molar-refractivity contribution in [3.8, 4) is 6.07 Å². The van der Waals surface area contributed by atoms with Crippen molar-refractivity contribution in [2.75, 3.05) is 0 Å². The minimum atomic E-state index is -1.63. The van der Waals surface area contributed by atoms with Gasteiger partial charge >= 0.3 is 0 Å². The Labute approximate surface area is 254 Å². The summed E-state index contributed by atoms with van der Waals surface area (Å²) in [5.74, 6) is -1.11. The van der Waals surface area contributed by atoms with Crippen LogP contribution < -0.4 is 5.32 Å². The molecule has 0 bridgehead atoms. The molecule has 8 atom stereocenters. The number of aromatic nitrogens is 2. The summed E-state index contributed by atoms with van der Waals surface area (Å²) < 4.78 is 0. The fourth-order valence-corrected chi connectivity index (χ4v) is 10.6. The molecule has 2 N–H and O–H groups in total. The lowest BCUT2D eigenvalue weighted by molar-refractivity contribution is -0.240. The predicted octanol–water partition coefficient (Wildman–Crippen LogP) is 5.29. The van der Waals surface area contributed by atoms with Crippen molar-refractivity contribution in [2.45, 2.75) is 105 Å². The number of nitrogens with one attached hydrogen (secondary N) is 1. The number of Topliss-reactive ketones (excluding diaryl/α,β-unsaturated/α-hetero) is 1. The Bertz CT molecular complexity index is 1540. The van der Waals surface area contributed by atoms with Gasteiger partial charge in [-0.2, -0.15) is 5.26 Å². The van der Waals surface area contributed by atoms with E-state index in [9.17, 15) is 24.8 Å². The van der Waals surface area contributed by atoms with Crippen molar-refractivity contribution in [1.82, 2.24) is 15.3 Å². The van der Waals surface area contributed by atoms with E-state index in [1.807, 2.05) is 26.8 Å². The number of aliphatic hydroxyl groups is 1. The largest absolute Gasteiger partial charge is 0.381 e. The zero-order chi connectivity index (χ0) is 31.4. The van der Waals surface area contributed by atoms with E-state index in [1.165, 1.54) is 18.7 Å². The Kier molecular flexibility index (Phi) is 6.21. The molecule has 1 amide bonds. The number of amides is 1. The van der Waals surface area contributed by atoms with Crippen molar-refractivity contribution in [3.63, 3.8) is 0 Å².